The van der Waals surface area contributed by atoms with Crippen molar-refractivity contribution in [3.05, 3.63) is 35.3 Å². The van der Waals surface area contributed by atoms with Crippen LogP contribution in [0.5, 0.6) is 5.75 Å². The number of aromatic nitrogens is 1. The predicted molar refractivity (Wildman–Crippen MR) is 83.3 cm³/mol. The number of rotatable bonds is 7. The number of carbonyl (C=O) groups is 1. The second-order valence-corrected chi connectivity index (χ2v) is 5.25. The molecule has 1 N–H and O–H groups in total. The van der Waals surface area contributed by atoms with E-state index in [1.165, 1.54) is 18.4 Å². The Balaban J connectivity index is 1.93. The second-order valence-electron chi connectivity index (χ2n) is 4.39. The molecule has 2 rings (SSSR count). The minimum Gasteiger partial charge on any atom is -0.494 e. The van der Waals surface area contributed by atoms with Crippen LogP contribution >= 0.6 is 11.3 Å². The summed E-state index contributed by atoms with van der Waals surface area (Å²) in [5.41, 5.74) is 1.63. The van der Waals surface area contributed by atoms with Gasteiger partial charge in [-0.2, -0.15) is 0 Å². The summed E-state index contributed by atoms with van der Waals surface area (Å²) in [4.78, 5) is 15.5. The van der Waals surface area contributed by atoms with Crippen molar-refractivity contribution < 1.29 is 14.3 Å². The minimum absolute atomic E-state index is 0.193. The molecule has 5 nitrogen and oxygen atoms in total. The highest BCUT2D eigenvalue weighted by Crippen LogP contribution is 2.23. The van der Waals surface area contributed by atoms with Gasteiger partial charge in [-0.05, 0) is 30.7 Å². The molecule has 0 bridgehead atoms. The summed E-state index contributed by atoms with van der Waals surface area (Å²) in [5, 5.41) is 5.79. The molecule has 0 unspecified atom stereocenters. The van der Waals surface area contributed by atoms with E-state index in [0.29, 0.717) is 5.69 Å². The Bertz CT molecular complexity index is 581. The number of esters is 1. The van der Waals surface area contributed by atoms with E-state index < -0.39 is 0 Å². The number of ether oxygens (including phenoxy) is 2. The molecule has 0 spiro atoms. The maximum Gasteiger partial charge on any atom is 0.311 e. The van der Waals surface area contributed by atoms with Crippen molar-refractivity contribution in [1.82, 2.24) is 4.98 Å². The fraction of sp³-hybridized carbons (Fsp3) is 0.333. The lowest BCUT2D eigenvalue weighted by Gasteiger charge is -2.06. The molecule has 0 fully saturated rings. The molecule has 112 valence electrons. The van der Waals surface area contributed by atoms with Crippen LogP contribution in [0, 0.1) is 0 Å². The Hall–Kier alpha value is -2.08. The van der Waals surface area contributed by atoms with Gasteiger partial charge in [0.2, 0.25) is 0 Å². The van der Waals surface area contributed by atoms with E-state index in [0.717, 1.165) is 29.6 Å². The zero-order valence-electron chi connectivity index (χ0n) is 12.1. The van der Waals surface area contributed by atoms with Crippen molar-refractivity contribution >= 4 is 28.1 Å². The minimum atomic E-state index is -0.288. The number of nitrogens with zero attached hydrogens (tertiary/aromatic N) is 1. The molecule has 0 aliphatic heterocycles. The average molecular weight is 306 g/mol. The summed E-state index contributed by atoms with van der Waals surface area (Å²) >= 11 is 1.45. The number of nitrogens with one attached hydrogen (secondary N) is 1. The van der Waals surface area contributed by atoms with Crippen LogP contribution in [0.3, 0.4) is 0 Å². The van der Waals surface area contributed by atoms with E-state index in [1.54, 1.807) is 0 Å². The largest absolute Gasteiger partial charge is 0.494 e. The zero-order valence-corrected chi connectivity index (χ0v) is 12.9. The number of thiazole rings is 1. The maximum absolute atomic E-state index is 11.2. The number of carbonyl (C=O) groups excluding carboxylic acids is 1. The zero-order chi connectivity index (χ0) is 15.1. The van der Waals surface area contributed by atoms with E-state index in [9.17, 15) is 4.79 Å². The Kier molecular flexibility index (Phi) is 5.57. The third-order valence-corrected chi connectivity index (χ3v) is 3.49. The van der Waals surface area contributed by atoms with Gasteiger partial charge in [0.25, 0.3) is 0 Å². The van der Waals surface area contributed by atoms with Gasteiger partial charge in [0.05, 0.1) is 25.8 Å². The van der Waals surface area contributed by atoms with Crippen LogP contribution in [0.2, 0.25) is 0 Å². The van der Waals surface area contributed by atoms with Crippen LogP contribution in [0.25, 0.3) is 0 Å². The molecule has 0 radical (unpaired) electrons. The fourth-order valence-electron chi connectivity index (χ4n) is 1.64. The van der Waals surface area contributed by atoms with Gasteiger partial charge in [-0.1, -0.05) is 6.92 Å². The Morgan fingerprint density at radius 2 is 2.10 bits per heavy atom. The van der Waals surface area contributed by atoms with E-state index in [1.807, 2.05) is 29.6 Å². The van der Waals surface area contributed by atoms with E-state index in [4.69, 9.17) is 4.74 Å². The first-order valence-corrected chi connectivity index (χ1v) is 7.60. The van der Waals surface area contributed by atoms with Crippen LogP contribution in [-0.4, -0.2) is 24.7 Å². The fourth-order valence-corrected chi connectivity index (χ4v) is 2.37. The molecule has 1 heterocycles. The standard InChI is InChI=1S/C15H18N2O3S/c1-3-8-20-13-6-4-11(5-7-13)16-15-17-12(10-21-15)9-14(18)19-2/h4-7,10H,3,8-9H2,1-2H3,(H,16,17). The van der Waals surface area contributed by atoms with Crippen LogP contribution in [0.4, 0.5) is 10.8 Å². The van der Waals surface area contributed by atoms with Gasteiger partial charge in [0, 0.05) is 11.1 Å². The van der Waals surface area contributed by atoms with Crippen LogP contribution in [0.1, 0.15) is 19.0 Å². The number of methoxy groups -OCH3 is 1. The molecule has 0 atom stereocenters. The summed E-state index contributed by atoms with van der Waals surface area (Å²) in [6.45, 7) is 2.79. The molecule has 1 aromatic heterocycles. The average Bonchev–Trinajstić information content (AvgIpc) is 2.93. The SMILES string of the molecule is CCCOc1ccc(Nc2nc(CC(=O)OC)cs2)cc1. The van der Waals surface area contributed by atoms with Gasteiger partial charge in [-0.25, -0.2) is 4.98 Å². The monoisotopic (exact) mass is 306 g/mol. The molecule has 0 aliphatic rings. The molecular formula is C15H18N2O3S. The third kappa shape index (κ3) is 4.75. The Labute approximate surface area is 127 Å². The highest BCUT2D eigenvalue weighted by molar-refractivity contribution is 7.13. The van der Waals surface area contributed by atoms with E-state index in [2.05, 4.69) is 22.0 Å². The first-order valence-electron chi connectivity index (χ1n) is 6.72. The number of benzene rings is 1. The van der Waals surface area contributed by atoms with Crippen molar-refractivity contribution in [3.63, 3.8) is 0 Å². The number of anilines is 2. The normalized spacial score (nSPS) is 10.2. The molecule has 6 heteroatoms. The topological polar surface area (TPSA) is 60.5 Å². The molecular weight excluding hydrogens is 288 g/mol. The van der Waals surface area contributed by atoms with Crippen molar-refractivity contribution in [2.75, 3.05) is 19.0 Å². The molecule has 0 aliphatic carbocycles. The quantitative estimate of drug-likeness (QED) is 0.795. The van der Waals surface area contributed by atoms with Crippen molar-refractivity contribution in [2.24, 2.45) is 0 Å². The van der Waals surface area contributed by atoms with Crippen molar-refractivity contribution in [3.8, 4) is 5.75 Å². The third-order valence-electron chi connectivity index (χ3n) is 2.68. The first-order chi connectivity index (χ1) is 10.2. The maximum atomic E-state index is 11.2. The van der Waals surface area contributed by atoms with Gasteiger partial charge in [-0.15, -0.1) is 11.3 Å². The molecule has 21 heavy (non-hydrogen) atoms. The lowest BCUT2D eigenvalue weighted by Crippen LogP contribution is -2.04. The summed E-state index contributed by atoms with van der Waals surface area (Å²) < 4.78 is 10.1. The molecule has 0 saturated carbocycles. The number of hydrogen-bond donors (Lipinski definition) is 1. The van der Waals surface area contributed by atoms with Crippen LogP contribution in [-0.2, 0) is 16.0 Å². The highest BCUT2D eigenvalue weighted by Gasteiger charge is 2.07. The first kappa shape index (κ1) is 15.3. The second kappa shape index (κ2) is 7.64. The van der Waals surface area contributed by atoms with Crippen molar-refractivity contribution in [1.29, 1.82) is 0 Å². The molecule has 0 saturated heterocycles. The van der Waals surface area contributed by atoms with Gasteiger partial charge in [0.15, 0.2) is 5.13 Å². The molecule has 1 aromatic carbocycles. The molecule has 0 amide bonds. The summed E-state index contributed by atoms with van der Waals surface area (Å²) in [5.74, 6) is 0.567. The Morgan fingerprint density at radius 1 is 1.33 bits per heavy atom. The summed E-state index contributed by atoms with van der Waals surface area (Å²) in [6, 6.07) is 7.71. The smallest absolute Gasteiger partial charge is 0.311 e. The van der Waals surface area contributed by atoms with Gasteiger partial charge < -0.3 is 14.8 Å². The summed E-state index contributed by atoms with van der Waals surface area (Å²) in [6.07, 6.45) is 1.18. The Morgan fingerprint density at radius 3 is 2.76 bits per heavy atom. The number of hydrogen-bond acceptors (Lipinski definition) is 6. The van der Waals surface area contributed by atoms with Crippen LogP contribution in [0.15, 0.2) is 29.6 Å². The van der Waals surface area contributed by atoms with E-state index >= 15 is 0 Å². The van der Waals surface area contributed by atoms with Gasteiger partial charge in [0.1, 0.15) is 5.75 Å². The van der Waals surface area contributed by atoms with Crippen molar-refractivity contribution in [2.45, 2.75) is 19.8 Å². The predicted octanol–water partition coefficient (Wildman–Crippen LogP) is 3.39. The lowest BCUT2D eigenvalue weighted by molar-refractivity contribution is -0.139. The van der Waals surface area contributed by atoms with Gasteiger partial charge in [-0.3, -0.25) is 4.79 Å². The molecule has 2 aromatic rings. The van der Waals surface area contributed by atoms with E-state index in [-0.39, 0.29) is 12.4 Å². The highest BCUT2D eigenvalue weighted by atomic mass is 32.1. The summed E-state index contributed by atoms with van der Waals surface area (Å²) in [7, 11) is 1.37. The van der Waals surface area contributed by atoms with Gasteiger partial charge >= 0.3 is 5.97 Å². The lowest BCUT2D eigenvalue weighted by atomic mass is 10.3. The van der Waals surface area contributed by atoms with Crippen LogP contribution < -0.4 is 10.1 Å².